The van der Waals surface area contributed by atoms with Crippen molar-refractivity contribution in [1.82, 2.24) is 9.97 Å². The summed E-state index contributed by atoms with van der Waals surface area (Å²) in [7, 11) is 0. The molecule has 0 bridgehead atoms. The largest absolute Gasteiger partial charge is 0.433 e. The molecule has 3 aromatic rings. The number of carbonyl (C=O) groups excluding carboxylic acids is 1. The van der Waals surface area contributed by atoms with Crippen molar-refractivity contribution in [2.24, 2.45) is 0 Å². The maximum absolute atomic E-state index is 13.2. The highest BCUT2D eigenvalue weighted by molar-refractivity contribution is 6.03. The van der Waals surface area contributed by atoms with Crippen LogP contribution in [0.1, 0.15) is 24.1 Å². The Morgan fingerprint density at radius 2 is 1.97 bits per heavy atom. The molecule has 0 spiro atoms. The van der Waals surface area contributed by atoms with Crippen molar-refractivity contribution in [1.29, 1.82) is 0 Å². The number of halogens is 3. The second-order valence-electron chi connectivity index (χ2n) is 7.43. The van der Waals surface area contributed by atoms with E-state index < -0.39 is 23.9 Å². The smallest absolute Gasteiger partial charge is 0.393 e. The number of alkyl halides is 3. The third-order valence-corrected chi connectivity index (χ3v) is 5.19. The minimum absolute atomic E-state index is 0.152. The predicted octanol–water partition coefficient (Wildman–Crippen LogP) is 4.19. The van der Waals surface area contributed by atoms with Gasteiger partial charge in [-0.1, -0.05) is 0 Å². The topological polar surface area (TPSA) is 81.2 Å². The van der Waals surface area contributed by atoms with Crippen LogP contribution in [0.2, 0.25) is 0 Å². The van der Waals surface area contributed by atoms with Crippen molar-refractivity contribution in [2.75, 3.05) is 23.3 Å². The number of aromatic amines is 1. The monoisotopic (exact) mass is 430 g/mol. The van der Waals surface area contributed by atoms with Gasteiger partial charge in [0, 0.05) is 47.5 Å². The Bertz CT molecular complexity index is 1120. The van der Waals surface area contributed by atoms with Gasteiger partial charge in [-0.05, 0) is 55.3 Å². The average Bonchev–Trinajstić information content (AvgIpc) is 3.20. The predicted molar refractivity (Wildman–Crippen MR) is 113 cm³/mol. The van der Waals surface area contributed by atoms with E-state index in [0.29, 0.717) is 37.2 Å². The second-order valence-corrected chi connectivity index (χ2v) is 7.43. The van der Waals surface area contributed by atoms with Crippen LogP contribution in [0.5, 0.6) is 0 Å². The lowest BCUT2D eigenvalue weighted by atomic mass is 10.1. The summed E-state index contributed by atoms with van der Waals surface area (Å²) in [6.07, 6.45) is 0.386. The first-order valence-electron chi connectivity index (χ1n) is 9.87. The second kappa shape index (κ2) is 8.43. The van der Waals surface area contributed by atoms with Crippen molar-refractivity contribution in [3.05, 3.63) is 59.9 Å². The number of pyridine rings is 1. The zero-order chi connectivity index (χ0) is 22.0. The van der Waals surface area contributed by atoms with Crippen LogP contribution < -0.4 is 10.2 Å². The fraction of sp³-hybridized carbons (Fsp3) is 0.273. The summed E-state index contributed by atoms with van der Waals surface area (Å²) in [5.74, 6) is -0.255. The molecule has 0 saturated carbocycles. The molecule has 2 aromatic heterocycles. The molecule has 1 aliphatic heterocycles. The maximum Gasteiger partial charge on any atom is 0.433 e. The number of H-pyrrole nitrogens is 1. The van der Waals surface area contributed by atoms with E-state index in [2.05, 4.69) is 15.3 Å². The first-order chi connectivity index (χ1) is 14.8. The molecule has 31 heavy (non-hydrogen) atoms. The number of amides is 1. The lowest BCUT2D eigenvalue weighted by molar-refractivity contribution is -0.141. The fourth-order valence-electron chi connectivity index (χ4n) is 3.56. The number of anilines is 2. The van der Waals surface area contributed by atoms with Crippen molar-refractivity contribution >= 4 is 34.4 Å². The van der Waals surface area contributed by atoms with Gasteiger partial charge in [0.05, 0.1) is 6.10 Å². The molecule has 1 amide bonds. The molecule has 0 radical (unpaired) electrons. The van der Waals surface area contributed by atoms with Gasteiger partial charge in [-0.25, -0.2) is 4.98 Å². The number of nitrogens with zero attached hydrogens (tertiary/aromatic N) is 2. The molecule has 4 rings (SSSR count). The lowest BCUT2D eigenvalue weighted by Crippen LogP contribution is -2.37. The number of piperidine rings is 1. The minimum Gasteiger partial charge on any atom is -0.393 e. The Morgan fingerprint density at radius 1 is 1.19 bits per heavy atom. The molecule has 1 aromatic carbocycles. The summed E-state index contributed by atoms with van der Waals surface area (Å²) >= 11 is 0. The van der Waals surface area contributed by atoms with Gasteiger partial charge in [-0.2, -0.15) is 13.2 Å². The Hall–Kier alpha value is -3.33. The van der Waals surface area contributed by atoms with Gasteiger partial charge in [0.2, 0.25) is 5.91 Å². The van der Waals surface area contributed by atoms with Crippen LogP contribution in [0, 0.1) is 0 Å². The number of hydrogen-bond donors (Lipinski definition) is 3. The third-order valence-electron chi connectivity index (χ3n) is 5.19. The van der Waals surface area contributed by atoms with Crippen molar-refractivity contribution < 1.29 is 23.1 Å². The fourth-order valence-corrected chi connectivity index (χ4v) is 3.56. The van der Waals surface area contributed by atoms with Crippen molar-refractivity contribution in [3.8, 4) is 0 Å². The molecule has 1 fully saturated rings. The first-order valence-corrected chi connectivity index (χ1v) is 9.87. The first kappa shape index (κ1) is 20.9. The van der Waals surface area contributed by atoms with Gasteiger partial charge < -0.3 is 20.3 Å². The van der Waals surface area contributed by atoms with Crippen LogP contribution in [-0.4, -0.2) is 40.2 Å². The van der Waals surface area contributed by atoms with Crippen LogP contribution >= 0.6 is 0 Å². The molecule has 9 heteroatoms. The average molecular weight is 430 g/mol. The highest BCUT2D eigenvalue weighted by Crippen LogP contribution is 2.32. The lowest BCUT2D eigenvalue weighted by Gasteiger charge is -2.31. The number of carbonyl (C=O) groups is 1. The van der Waals surface area contributed by atoms with E-state index in [9.17, 15) is 23.1 Å². The van der Waals surface area contributed by atoms with Crippen LogP contribution in [0.25, 0.3) is 17.0 Å². The SMILES string of the molecule is O=C(/C=C/c1ccc(C(F)(F)F)nc1N1CCC(O)CC1)Nc1ccc2[nH]ccc2c1. The quantitative estimate of drug-likeness (QED) is 0.542. The molecule has 0 atom stereocenters. The van der Waals surface area contributed by atoms with Crippen molar-refractivity contribution in [3.63, 3.8) is 0 Å². The third kappa shape index (κ3) is 4.88. The summed E-state index contributed by atoms with van der Waals surface area (Å²) in [6, 6.07) is 9.52. The standard InChI is InChI=1S/C22H21F3N4O2/c23-22(24,25)19-5-1-14(21(28-19)29-11-8-17(30)9-12-29)2-6-20(31)27-16-3-4-18-15(13-16)7-10-26-18/h1-7,10,13,17,26,30H,8-9,11-12H2,(H,27,31)/b6-2+. The number of aliphatic hydroxyl groups excluding tert-OH is 1. The Labute approximate surface area is 176 Å². The Balaban J connectivity index is 1.55. The van der Waals surface area contributed by atoms with Gasteiger partial charge in [0.1, 0.15) is 11.5 Å². The summed E-state index contributed by atoms with van der Waals surface area (Å²) in [5.41, 5.74) is 0.967. The zero-order valence-corrected chi connectivity index (χ0v) is 16.5. The van der Waals surface area contributed by atoms with Crippen LogP contribution in [0.4, 0.5) is 24.7 Å². The van der Waals surface area contributed by atoms with E-state index in [1.807, 2.05) is 18.2 Å². The number of rotatable bonds is 4. The molecule has 6 nitrogen and oxygen atoms in total. The number of fused-ring (bicyclic) bond motifs is 1. The van der Waals surface area contributed by atoms with E-state index in [4.69, 9.17) is 0 Å². The minimum atomic E-state index is -4.57. The van der Waals surface area contributed by atoms with Gasteiger partial charge in [0.15, 0.2) is 0 Å². The number of aromatic nitrogens is 2. The van der Waals surface area contributed by atoms with Gasteiger partial charge in [0.25, 0.3) is 0 Å². The molecule has 1 aliphatic rings. The summed E-state index contributed by atoms with van der Waals surface area (Å²) in [6.45, 7) is 0.776. The van der Waals surface area contributed by atoms with Crippen LogP contribution in [-0.2, 0) is 11.0 Å². The van der Waals surface area contributed by atoms with Gasteiger partial charge >= 0.3 is 6.18 Å². The van der Waals surface area contributed by atoms with Crippen LogP contribution in [0.15, 0.2) is 48.7 Å². The van der Waals surface area contributed by atoms with Gasteiger partial charge in [-0.3, -0.25) is 4.79 Å². The normalized spacial score (nSPS) is 15.7. The molecule has 0 aliphatic carbocycles. The summed E-state index contributed by atoms with van der Waals surface area (Å²) in [4.78, 5) is 21.0. The Morgan fingerprint density at radius 3 is 2.71 bits per heavy atom. The molecular weight excluding hydrogens is 409 g/mol. The van der Waals surface area contributed by atoms with E-state index >= 15 is 0 Å². The molecule has 162 valence electrons. The number of aliphatic hydroxyl groups is 1. The number of nitrogens with one attached hydrogen (secondary N) is 2. The van der Waals surface area contributed by atoms with E-state index in [0.717, 1.165) is 17.0 Å². The number of hydrogen-bond acceptors (Lipinski definition) is 4. The molecule has 3 heterocycles. The maximum atomic E-state index is 13.2. The highest BCUT2D eigenvalue weighted by atomic mass is 19.4. The molecule has 1 saturated heterocycles. The number of benzene rings is 1. The van der Waals surface area contributed by atoms with E-state index in [1.165, 1.54) is 18.2 Å². The Kier molecular flexibility index (Phi) is 5.69. The molecular formula is C22H21F3N4O2. The summed E-state index contributed by atoms with van der Waals surface area (Å²) < 4.78 is 39.5. The van der Waals surface area contributed by atoms with Crippen LogP contribution in [0.3, 0.4) is 0 Å². The van der Waals surface area contributed by atoms with Gasteiger partial charge in [-0.15, -0.1) is 0 Å². The summed E-state index contributed by atoms with van der Waals surface area (Å²) in [5, 5.41) is 13.4. The highest BCUT2D eigenvalue weighted by Gasteiger charge is 2.33. The van der Waals surface area contributed by atoms with E-state index in [-0.39, 0.29) is 5.82 Å². The van der Waals surface area contributed by atoms with Crippen molar-refractivity contribution in [2.45, 2.75) is 25.1 Å². The molecule has 0 unspecified atom stereocenters. The van der Waals surface area contributed by atoms with E-state index in [1.54, 1.807) is 17.2 Å². The molecule has 3 N–H and O–H groups in total. The zero-order valence-electron chi connectivity index (χ0n) is 16.5.